The zero-order valence-corrected chi connectivity index (χ0v) is 27.2. The molecule has 0 radical (unpaired) electrons. The number of hydrogen-bond donors (Lipinski definition) is 0. The first-order chi connectivity index (χ1) is 24.3. The van der Waals surface area contributed by atoms with Crippen molar-refractivity contribution >= 4 is 11.8 Å². The summed E-state index contributed by atoms with van der Waals surface area (Å²) in [6.07, 6.45) is 0. The molecule has 3 heterocycles. The van der Waals surface area contributed by atoms with E-state index in [2.05, 4.69) is 109 Å². The fraction of sp³-hybridized carbons (Fsp3) is 0.0222. The van der Waals surface area contributed by atoms with Crippen molar-refractivity contribution < 1.29 is 4.42 Å². The van der Waals surface area contributed by atoms with Gasteiger partial charge in [-0.25, -0.2) is 9.97 Å². The van der Waals surface area contributed by atoms with Gasteiger partial charge >= 0.3 is 0 Å². The topological polar surface area (TPSA) is 38.9 Å². The van der Waals surface area contributed by atoms with Crippen LogP contribution in [0.2, 0.25) is 0 Å². The molecular formula is C45H28N2OS. The lowest BCUT2D eigenvalue weighted by Crippen LogP contribution is -2.32. The number of benzene rings is 6. The second kappa shape index (κ2) is 11.0. The van der Waals surface area contributed by atoms with E-state index in [0.717, 1.165) is 33.8 Å². The van der Waals surface area contributed by atoms with Crippen molar-refractivity contribution in [1.29, 1.82) is 0 Å². The average Bonchev–Trinajstić information content (AvgIpc) is 3.79. The summed E-state index contributed by atoms with van der Waals surface area (Å²) >= 11 is 1.85. The van der Waals surface area contributed by atoms with Crippen LogP contribution in [-0.2, 0) is 5.41 Å². The van der Waals surface area contributed by atoms with Gasteiger partial charge in [-0.2, -0.15) is 0 Å². The van der Waals surface area contributed by atoms with Gasteiger partial charge in [-0.15, -0.1) is 0 Å². The maximum absolute atomic E-state index is 6.69. The van der Waals surface area contributed by atoms with Crippen molar-refractivity contribution in [3.8, 4) is 56.6 Å². The molecule has 3 nitrogen and oxygen atoms in total. The quantitative estimate of drug-likeness (QED) is 0.191. The summed E-state index contributed by atoms with van der Waals surface area (Å²) in [6.45, 7) is 0. The van der Waals surface area contributed by atoms with Crippen LogP contribution in [0, 0.1) is 0 Å². The fourth-order valence-corrected chi connectivity index (χ4v) is 8.86. The van der Waals surface area contributed by atoms with E-state index in [-0.39, 0.29) is 0 Å². The first-order valence-corrected chi connectivity index (χ1v) is 17.3. The van der Waals surface area contributed by atoms with E-state index in [1.54, 1.807) is 0 Å². The van der Waals surface area contributed by atoms with Crippen LogP contribution < -0.4 is 0 Å². The van der Waals surface area contributed by atoms with Gasteiger partial charge in [0.05, 0.1) is 11.1 Å². The Morgan fingerprint density at radius 1 is 0.408 bits per heavy atom. The summed E-state index contributed by atoms with van der Waals surface area (Å²) in [5.74, 6) is 2.17. The highest BCUT2D eigenvalue weighted by Gasteiger charge is 2.50. The number of nitrogens with zero attached hydrogens (tertiary/aromatic N) is 2. The Morgan fingerprint density at radius 2 is 0.980 bits per heavy atom. The van der Waals surface area contributed by atoms with Crippen molar-refractivity contribution in [3.63, 3.8) is 0 Å². The summed E-state index contributed by atoms with van der Waals surface area (Å²) in [6, 6.07) is 60.0. The monoisotopic (exact) mass is 644 g/mol. The number of aromatic nitrogens is 2. The molecular weight excluding hydrogens is 617 g/mol. The molecule has 0 fully saturated rings. The van der Waals surface area contributed by atoms with Crippen LogP contribution in [0.4, 0.5) is 0 Å². The molecule has 0 bridgehead atoms. The Balaban J connectivity index is 1.14. The Labute approximate surface area is 289 Å². The Bertz CT molecular complexity index is 2430. The minimum Gasteiger partial charge on any atom is -0.454 e. The molecule has 1 aliphatic heterocycles. The number of furan rings is 1. The smallest absolute Gasteiger partial charge is 0.160 e. The van der Waals surface area contributed by atoms with Crippen LogP contribution in [0.25, 0.3) is 56.6 Å². The van der Waals surface area contributed by atoms with Gasteiger partial charge in [0.15, 0.2) is 11.6 Å². The molecule has 1 aliphatic carbocycles. The zero-order chi connectivity index (χ0) is 32.4. The highest BCUT2D eigenvalue weighted by molar-refractivity contribution is 7.99. The molecule has 230 valence electrons. The van der Waals surface area contributed by atoms with Crippen LogP contribution in [0.1, 0.15) is 22.3 Å². The normalized spacial score (nSPS) is 13.4. The summed E-state index contributed by atoms with van der Waals surface area (Å²) in [5.41, 5.74) is 12.0. The van der Waals surface area contributed by atoms with E-state index in [9.17, 15) is 0 Å². The van der Waals surface area contributed by atoms with Crippen molar-refractivity contribution in [2.24, 2.45) is 0 Å². The molecule has 0 amide bonds. The van der Waals surface area contributed by atoms with Gasteiger partial charge in [0.2, 0.25) is 0 Å². The largest absolute Gasteiger partial charge is 0.454 e. The average molecular weight is 645 g/mol. The van der Waals surface area contributed by atoms with E-state index >= 15 is 0 Å². The Kier molecular flexibility index (Phi) is 6.33. The van der Waals surface area contributed by atoms with Gasteiger partial charge in [-0.1, -0.05) is 145 Å². The summed E-state index contributed by atoms with van der Waals surface area (Å²) < 4.78 is 6.69. The van der Waals surface area contributed by atoms with Gasteiger partial charge in [0.1, 0.15) is 11.5 Å². The van der Waals surface area contributed by atoms with Gasteiger partial charge in [0.25, 0.3) is 0 Å². The molecule has 2 aliphatic rings. The lowest BCUT2D eigenvalue weighted by Gasteiger charge is -2.39. The molecule has 8 aromatic rings. The molecule has 2 aromatic heterocycles. The molecule has 0 atom stereocenters. The molecule has 1 spiro atoms. The second-order valence-electron chi connectivity index (χ2n) is 12.5. The first kappa shape index (κ1) is 28.1. The molecule has 0 saturated carbocycles. The summed E-state index contributed by atoms with van der Waals surface area (Å²) in [4.78, 5) is 12.5. The van der Waals surface area contributed by atoms with E-state index < -0.39 is 5.41 Å². The molecule has 6 aromatic carbocycles. The minimum absolute atomic E-state index is 0.433. The van der Waals surface area contributed by atoms with Gasteiger partial charge in [0, 0.05) is 26.5 Å². The summed E-state index contributed by atoms with van der Waals surface area (Å²) in [7, 11) is 0. The van der Waals surface area contributed by atoms with Crippen LogP contribution in [0.5, 0.6) is 0 Å². The molecule has 4 heteroatoms. The van der Waals surface area contributed by atoms with Crippen molar-refractivity contribution in [1.82, 2.24) is 9.97 Å². The number of rotatable bonds is 4. The highest BCUT2D eigenvalue weighted by Crippen LogP contribution is 2.62. The lowest BCUT2D eigenvalue weighted by molar-refractivity contribution is 0.594. The van der Waals surface area contributed by atoms with Crippen LogP contribution in [-0.4, -0.2) is 9.97 Å². The molecule has 0 unspecified atom stereocenters. The minimum atomic E-state index is -0.433. The Hall–Kier alpha value is -5.97. The van der Waals surface area contributed by atoms with Crippen molar-refractivity contribution in [3.05, 3.63) is 192 Å². The van der Waals surface area contributed by atoms with Crippen molar-refractivity contribution in [2.45, 2.75) is 15.2 Å². The number of fused-ring (bicyclic) bond motifs is 9. The highest BCUT2D eigenvalue weighted by atomic mass is 32.2. The standard InChI is InChI=1S/C45H28N2OS/c1-3-13-29(14-4-1)38-28-39(47-44(46-38)30-15-5-2-6-16-30)41-25-24-40(48-41)31-23-26-43-37(27-31)45(36-21-11-12-22-42(36)49-43)34-19-9-7-17-32(34)33-18-8-10-20-35(33)45/h1-28H. The van der Waals surface area contributed by atoms with E-state index in [0.29, 0.717) is 11.6 Å². The first-order valence-electron chi connectivity index (χ1n) is 16.5. The maximum Gasteiger partial charge on any atom is 0.160 e. The third-order valence-electron chi connectivity index (χ3n) is 9.82. The van der Waals surface area contributed by atoms with E-state index in [1.807, 2.05) is 72.4 Å². The van der Waals surface area contributed by atoms with Crippen LogP contribution in [0.15, 0.2) is 184 Å². The van der Waals surface area contributed by atoms with E-state index in [1.165, 1.54) is 43.2 Å². The summed E-state index contributed by atoms with van der Waals surface area (Å²) in [5, 5.41) is 0. The zero-order valence-electron chi connectivity index (χ0n) is 26.4. The van der Waals surface area contributed by atoms with Gasteiger partial charge < -0.3 is 4.42 Å². The fourth-order valence-electron chi connectivity index (χ4n) is 7.69. The molecule has 0 N–H and O–H groups in total. The van der Waals surface area contributed by atoms with Gasteiger partial charge in [-0.05, 0) is 69.8 Å². The third-order valence-corrected chi connectivity index (χ3v) is 11.0. The van der Waals surface area contributed by atoms with Crippen LogP contribution in [0.3, 0.4) is 0 Å². The second-order valence-corrected chi connectivity index (χ2v) is 13.6. The number of hydrogen-bond acceptors (Lipinski definition) is 4. The Morgan fingerprint density at radius 3 is 1.71 bits per heavy atom. The lowest BCUT2D eigenvalue weighted by atomic mass is 9.67. The van der Waals surface area contributed by atoms with Crippen LogP contribution >= 0.6 is 11.8 Å². The SMILES string of the molecule is c1ccc(-c2cc(-c3ccc(-c4ccc5c(c4)C4(c6ccccc6S5)c5ccccc5-c5ccccc54)o3)nc(-c3ccccc3)n2)cc1. The van der Waals surface area contributed by atoms with Gasteiger partial charge in [-0.3, -0.25) is 0 Å². The maximum atomic E-state index is 6.69. The van der Waals surface area contributed by atoms with E-state index in [4.69, 9.17) is 14.4 Å². The molecule has 0 saturated heterocycles. The predicted octanol–water partition coefficient (Wildman–Crippen LogP) is 11.6. The third kappa shape index (κ3) is 4.31. The van der Waals surface area contributed by atoms with Crippen molar-refractivity contribution in [2.75, 3.05) is 0 Å². The molecule has 10 rings (SSSR count). The predicted molar refractivity (Wildman–Crippen MR) is 197 cm³/mol. The molecule has 49 heavy (non-hydrogen) atoms.